The van der Waals surface area contributed by atoms with Crippen molar-refractivity contribution in [3.05, 3.63) is 18.2 Å². The molecule has 1 aromatic rings. The van der Waals surface area contributed by atoms with E-state index in [0.717, 1.165) is 12.2 Å². The van der Waals surface area contributed by atoms with Gasteiger partial charge >= 0.3 is 5.97 Å². The molecule has 6 nitrogen and oxygen atoms in total. The molecule has 1 unspecified atom stereocenters. The van der Waals surface area contributed by atoms with E-state index in [4.69, 9.17) is 9.47 Å². The van der Waals surface area contributed by atoms with Gasteiger partial charge in [0.25, 0.3) is 0 Å². The zero-order chi connectivity index (χ0) is 13.8. The SMILES string of the molecule is COC(=O)C1COCCN1Cc1cncn1C(C)C. The zero-order valence-electron chi connectivity index (χ0n) is 11.7. The molecule has 1 fully saturated rings. The summed E-state index contributed by atoms with van der Waals surface area (Å²) in [6, 6.07) is 0.0318. The van der Waals surface area contributed by atoms with Crippen LogP contribution in [0.15, 0.2) is 12.5 Å². The van der Waals surface area contributed by atoms with Gasteiger partial charge in [-0.3, -0.25) is 9.69 Å². The first-order chi connectivity index (χ1) is 9.13. The number of hydrogen-bond acceptors (Lipinski definition) is 5. The minimum Gasteiger partial charge on any atom is -0.468 e. The van der Waals surface area contributed by atoms with Gasteiger partial charge in [0.1, 0.15) is 6.04 Å². The Hall–Kier alpha value is -1.40. The molecular formula is C13H21N3O3. The number of imidazole rings is 1. The molecule has 1 aliphatic rings. The molecule has 106 valence electrons. The molecule has 0 aliphatic carbocycles. The number of methoxy groups -OCH3 is 1. The number of morpholine rings is 1. The van der Waals surface area contributed by atoms with E-state index in [0.29, 0.717) is 25.8 Å². The molecule has 2 rings (SSSR count). The summed E-state index contributed by atoms with van der Waals surface area (Å²) in [6.07, 6.45) is 3.68. The molecule has 2 heterocycles. The van der Waals surface area contributed by atoms with E-state index in [1.807, 2.05) is 12.5 Å². The first-order valence-electron chi connectivity index (χ1n) is 6.53. The number of esters is 1. The van der Waals surface area contributed by atoms with Gasteiger partial charge in [-0.15, -0.1) is 0 Å². The molecule has 1 saturated heterocycles. The summed E-state index contributed by atoms with van der Waals surface area (Å²) in [5.74, 6) is -0.240. The lowest BCUT2D eigenvalue weighted by Gasteiger charge is -2.33. The van der Waals surface area contributed by atoms with Gasteiger partial charge in [-0.25, -0.2) is 4.98 Å². The van der Waals surface area contributed by atoms with Crippen molar-refractivity contribution >= 4 is 5.97 Å². The number of hydrogen-bond donors (Lipinski definition) is 0. The first-order valence-corrected chi connectivity index (χ1v) is 6.53. The number of carbonyl (C=O) groups excluding carboxylic acids is 1. The fourth-order valence-electron chi connectivity index (χ4n) is 2.31. The number of aromatic nitrogens is 2. The Kier molecular flexibility index (Phi) is 4.55. The van der Waals surface area contributed by atoms with E-state index in [1.54, 1.807) is 0 Å². The molecule has 19 heavy (non-hydrogen) atoms. The van der Waals surface area contributed by atoms with Crippen molar-refractivity contribution in [2.45, 2.75) is 32.5 Å². The van der Waals surface area contributed by atoms with Crippen molar-refractivity contribution in [2.75, 3.05) is 26.9 Å². The van der Waals surface area contributed by atoms with Crippen LogP contribution in [0.5, 0.6) is 0 Å². The first kappa shape index (κ1) is 14.0. The van der Waals surface area contributed by atoms with Crippen molar-refractivity contribution in [1.29, 1.82) is 0 Å². The molecule has 0 amide bonds. The van der Waals surface area contributed by atoms with Gasteiger partial charge in [-0.05, 0) is 13.8 Å². The standard InChI is InChI=1S/C13H21N3O3/c1-10(2)16-9-14-6-11(16)7-15-4-5-19-8-12(15)13(17)18-3/h6,9-10,12H,4-5,7-8H2,1-3H3. The van der Waals surface area contributed by atoms with Gasteiger partial charge in [-0.2, -0.15) is 0 Å². The third-order valence-electron chi connectivity index (χ3n) is 3.38. The van der Waals surface area contributed by atoms with Crippen LogP contribution in [0.25, 0.3) is 0 Å². The summed E-state index contributed by atoms with van der Waals surface area (Å²) >= 11 is 0. The monoisotopic (exact) mass is 267 g/mol. The van der Waals surface area contributed by atoms with Gasteiger partial charge < -0.3 is 14.0 Å². The topological polar surface area (TPSA) is 56.6 Å². The highest BCUT2D eigenvalue weighted by Gasteiger charge is 2.30. The van der Waals surface area contributed by atoms with Crippen LogP contribution in [-0.2, 0) is 20.8 Å². The summed E-state index contributed by atoms with van der Waals surface area (Å²) in [5.41, 5.74) is 1.10. The number of nitrogens with zero attached hydrogens (tertiary/aromatic N) is 3. The van der Waals surface area contributed by atoms with Crippen molar-refractivity contribution in [2.24, 2.45) is 0 Å². The smallest absolute Gasteiger partial charge is 0.325 e. The Bertz CT molecular complexity index is 431. The lowest BCUT2D eigenvalue weighted by atomic mass is 10.2. The van der Waals surface area contributed by atoms with E-state index in [1.165, 1.54) is 7.11 Å². The van der Waals surface area contributed by atoms with Gasteiger partial charge in [0, 0.05) is 25.3 Å². The van der Waals surface area contributed by atoms with Crippen molar-refractivity contribution in [3.63, 3.8) is 0 Å². The van der Waals surface area contributed by atoms with Crippen LogP contribution in [0.1, 0.15) is 25.6 Å². The average molecular weight is 267 g/mol. The van der Waals surface area contributed by atoms with Crippen LogP contribution in [0, 0.1) is 0 Å². The third-order valence-corrected chi connectivity index (χ3v) is 3.38. The summed E-state index contributed by atoms with van der Waals surface area (Å²) in [5, 5.41) is 0. The largest absolute Gasteiger partial charge is 0.468 e. The van der Waals surface area contributed by atoms with Crippen LogP contribution in [-0.4, -0.2) is 53.3 Å². The van der Waals surface area contributed by atoms with Gasteiger partial charge in [-0.1, -0.05) is 0 Å². The molecule has 1 aromatic heterocycles. The highest BCUT2D eigenvalue weighted by atomic mass is 16.5. The maximum Gasteiger partial charge on any atom is 0.325 e. The fourth-order valence-corrected chi connectivity index (χ4v) is 2.31. The number of rotatable bonds is 4. The Balaban J connectivity index is 2.11. The molecule has 0 bridgehead atoms. The second-order valence-electron chi connectivity index (χ2n) is 4.97. The third kappa shape index (κ3) is 3.13. The van der Waals surface area contributed by atoms with E-state index in [2.05, 4.69) is 28.3 Å². The van der Waals surface area contributed by atoms with Gasteiger partial charge in [0.2, 0.25) is 0 Å². The molecule has 1 aliphatic heterocycles. The summed E-state index contributed by atoms with van der Waals surface area (Å²) < 4.78 is 12.3. The maximum atomic E-state index is 11.8. The zero-order valence-corrected chi connectivity index (χ0v) is 11.7. The molecule has 0 saturated carbocycles. The van der Waals surface area contributed by atoms with Crippen molar-refractivity contribution in [1.82, 2.24) is 14.5 Å². The van der Waals surface area contributed by atoms with E-state index >= 15 is 0 Å². The van der Waals surface area contributed by atoms with Crippen molar-refractivity contribution in [3.8, 4) is 0 Å². The number of carbonyl (C=O) groups is 1. The van der Waals surface area contributed by atoms with Crippen LogP contribution >= 0.6 is 0 Å². The number of ether oxygens (including phenoxy) is 2. The highest BCUT2D eigenvalue weighted by molar-refractivity contribution is 5.75. The van der Waals surface area contributed by atoms with Crippen LogP contribution in [0.4, 0.5) is 0 Å². The Morgan fingerprint density at radius 1 is 1.63 bits per heavy atom. The summed E-state index contributed by atoms with van der Waals surface area (Å²) in [7, 11) is 1.41. The normalized spacial score (nSPS) is 20.7. The molecule has 0 aromatic carbocycles. The van der Waals surface area contributed by atoms with E-state index in [-0.39, 0.29) is 12.0 Å². The molecule has 0 radical (unpaired) electrons. The lowest BCUT2D eigenvalue weighted by Crippen LogP contribution is -2.50. The summed E-state index contributed by atoms with van der Waals surface area (Å²) in [4.78, 5) is 18.0. The average Bonchev–Trinajstić information content (AvgIpc) is 2.87. The Morgan fingerprint density at radius 2 is 2.42 bits per heavy atom. The Morgan fingerprint density at radius 3 is 3.11 bits per heavy atom. The molecule has 0 N–H and O–H groups in total. The van der Waals surface area contributed by atoms with Crippen LogP contribution < -0.4 is 0 Å². The summed E-state index contributed by atoms with van der Waals surface area (Å²) in [6.45, 7) is 6.67. The van der Waals surface area contributed by atoms with Crippen LogP contribution in [0.3, 0.4) is 0 Å². The van der Waals surface area contributed by atoms with Gasteiger partial charge in [0.05, 0.1) is 32.3 Å². The minimum absolute atomic E-state index is 0.240. The quantitative estimate of drug-likeness (QED) is 0.757. The van der Waals surface area contributed by atoms with Gasteiger partial charge in [0.15, 0.2) is 0 Å². The molecule has 1 atom stereocenters. The second kappa shape index (κ2) is 6.16. The highest BCUT2D eigenvalue weighted by Crippen LogP contribution is 2.16. The lowest BCUT2D eigenvalue weighted by molar-refractivity contribution is -0.153. The predicted molar refractivity (Wildman–Crippen MR) is 69.6 cm³/mol. The minimum atomic E-state index is -0.325. The van der Waals surface area contributed by atoms with Crippen LogP contribution in [0.2, 0.25) is 0 Å². The molecule has 6 heteroatoms. The van der Waals surface area contributed by atoms with E-state index in [9.17, 15) is 4.79 Å². The second-order valence-corrected chi connectivity index (χ2v) is 4.97. The molecule has 0 spiro atoms. The Labute approximate surface area is 113 Å². The maximum absolute atomic E-state index is 11.8. The van der Waals surface area contributed by atoms with E-state index < -0.39 is 0 Å². The fraction of sp³-hybridized carbons (Fsp3) is 0.692. The van der Waals surface area contributed by atoms with Crippen molar-refractivity contribution < 1.29 is 14.3 Å². The molecular weight excluding hydrogens is 246 g/mol. The predicted octanol–water partition coefficient (Wildman–Crippen LogP) is 0.838.